The van der Waals surface area contributed by atoms with Crippen LogP contribution in [0, 0.1) is 5.92 Å². The van der Waals surface area contributed by atoms with Crippen LogP contribution >= 0.6 is 15.9 Å². The third kappa shape index (κ3) is 4.10. The SMILES string of the molecule is COc1ccc(Br)cc1[C@H]1C2=C(CCCC2=O)N=C(C)C1C(=O)OC[C@@H]1CCCO1. The van der Waals surface area contributed by atoms with Crippen LogP contribution in [0.2, 0.25) is 0 Å². The fraction of sp³-hybridized carbons (Fsp3) is 0.522. The largest absolute Gasteiger partial charge is 0.496 e. The molecule has 30 heavy (non-hydrogen) atoms. The van der Waals surface area contributed by atoms with Crippen molar-refractivity contribution in [1.82, 2.24) is 0 Å². The molecule has 0 radical (unpaired) electrons. The van der Waals surface area contributed by atoms with Gasteiger partial charge in [0, 0.05) is 46.0 Å². The summed E-state index contributed by atoms with van der Waals surface area (Å²) in [6.07, 6.45) is 3.81. The summed E-state index contributed by atoms with van der Waals surface area (Å²) in [5.74, 6) is -0.828. The van der Waals surface area contributed by atoms with Gasteiger partial charge in [-0.25, -0.2) is 0 Å². The Morgan fingerprint density at radius 1 is 1.30 bits per heavy atom. The highest BCUT2D eigenvalue weighted by Gasteiger charge is 2.44. The van der Waals surface area contributed by atoms with Crippen LogP contribution in [-0.4, -0.2) is 43.9 Å². The molecule has 1 saturated heterocycles. The van der Waals surface area contributed by atoms with Gasteiger partial charge in [0.25, 0.3) is 0 Å². The Kier molecular flexibility index (Phi) is 6.39. The number of allylic oxidation sites excluding steroid dienone is 2. The molecule has 1 fully saturated rings. The second kappa shape index (κ2) is 9.02. The summed E-state index contributed by atoms with van der Waals surface area (Å²) >= 11 is 3.52. The lowest BCUT2D eigenvalue weighted by Gasteiger charge is -2.35. The van der Waals surface area contributed by atoms with Gasteiger partial charge in [-0.05, 0) is 50.8 Å². The number of Topliss-reactive ketones (excluding diaryl/α,β-unsaturated/α-hetero) is 1. The van der Waals surface area contributed by atoms with E-state index in [9.17, 15) is 9.59 Å². The molecule has 4 rings (SSSR count). The van der Waals surface area contributed by atoms with Gasteiger partial charge in [-0.2, -0.15) is 0 Å². The van der Waals surface area contributed by atoms with Gasteiger partial charge in [0.15, 0.2) is 5.78 Å². The number of esters is 1. The second-order valence-corrected chi connectivity index (χ2v) is 8.91. The zero-order valence-electron chi connectivity index (χ0n) is 17.3. The average Bonchev–Trinajstić information content (AvgIpc) is 3.25. The minimum Gasteiger partial charge on any atom is -0.496 e. The molecule has 6 nitrogen and oxygen atoms in total. The maximum absolute atomic E-state index is 13.3. The Hall–Kier alpha value is -1.99. The molecule has 1 aromatic rings. The van der Waals surface area contributed by atoms with E-state index in [2.05, 4.69) is 20.9 Å². The summed E-state index contributed by atoms with van der Waals surface area (Å²) in [6, 6.07) is 5.66. The fourth-order valence-corrected chi connectivity index (χ4v) is 5.02. The topological polar surface area (TPSA) is 74.2 Å². The standard InChI is InChI=1S/C23H26BrNO5/c1-13-20(23(27)30-12-15-5-4-10-29-15)21(16-11-14(24)8-9-19(16)28-2)22-17(25-13)6-3-7-18(22)26/h8-9,11,15,20-21H,3-7,10,12H2,1-2H3/t15-,20?,21+/m0/s1. The van der Waals surface area contributed by atoms with E-state index < -0.39 is 11.8 Å². The highest BCUT2D eigenvalue weighted by molar-refractivity contribution is 9.10. The van der Waals surface area contributed by atoms with E-state index in [1.54, 1.807) is 7.11 Å². The molecule has 0 aromatic heterocycles. The average molecular weight is 476 g/mol. The Balaban J connectivity index is 1.74. The fourth-order valence-electron chi connectivity index (χ4n) is 4.64. The van der Waals surface area contributed by atoms with E-state index in [-0.39, 0.29) is 24.5 Å². The molecule has 1 unspecified atom stereocenters. The van der Waals surface area contributed by atoms with E-state index in [4.69, 9.17) is 14.2 Å². The van der Waals surface area contributed by atoms with Crippen LogP contribution in [0.1, 0.15) is 50.5 Å². The molecule has 0 saturated carbocycles. The number of aliphatic imine (C=N–C) groups is 1. The van der Waals surface area contributed by atoms with Crippen molar-refractivity contribution in [2.45, 2.75) is 51.0 Å². The second-order valence-electron chi connectivity index (χ2n) is 8.00. The van der Waals surface area contributed by atoms with Crippen molar-refractivity contribution in [3.05, 3.63) is 39.5 Å². The molecule has 1 aliphatic carbocycles. The van der Waals surface area contributed by atoms with E-state index in [1.165, 1.54) is 0 Å². The van der Waals surface area contributed by atoms with Crippen molar-refractivity contribution in [2.24, 2.45) is 10.9 Å². The van der Waals surface area contributed by atoms with Crippen LogP contribution in [0.15, 0.2) is 38.9 Å². The predicted molar refractivity (Wildman–Crippen MR) is 116 cm³/mol. The number of carbonyl (C=O) groups is 2. The molecule has 0 bridgehead atoms. The first-order valence-electron chi connectivity index (χ1n) is 10.4. The van der Waals surface area contributed by atoms with E-state index in [0.717, 1.165) is 41.4 Å². The number of methoxy groups -OCH3 is 1. The highest BCUT2D eigenvalue weighted by atomic mass is 79.9. The van der Waals surface area contributed by atoms with Crippen molar-refractivity contribution in [1.29, 1.82) is 0 Å². The van der Waals surface area contributed by atoms with Crippen molar-refractivity contribution in [3.63, 3.8) is 0 Å². The summed E-state index contributed by atoms with van der Waals surface area (Å²) in [6.45, 7) is 2.78. The molecule has 3 aliphatic rings. The highest BCUT2D eigenvalue weighted by Crippen LogP contribution is 2.46. The lowest BCUT2D eigenvalue weighted by Crippen LogP contribution is -2.38. The van der Waals surface area contributed by atoms with Crippen molar-refractivity contribution in [3.8, 4) is 5.75 Å². The van der Waals surface area contributed by atoms with Gasteiger partial charge in [-0.15, -0.1) is 0 Å². The van der Waals surface area contributed by atoms with Crippen LogP contribution in [0.3, 0.4) is 0 Å². The molecule has 0 amide bonds. The molecule has 160 valence electrons. The number of nitrogens with zero attached hydrogens (tertiary/aromatic N) is 1. The number of halogens is 1. The molecule has 0 spiro atoms. The molecule has 1 aromatic carbocycles. The van der Waals surface area contributed by atoms with E-state index in [0.29, 0.717) is 30.1 Å². The van der Waals surface area contributed by atoms with Crippen molar-refractivity contribution >= 4 is 33.4 Å². The van der Waals surface area contributed by atoms with Gasteiger partial charge in [0.1, 0.15) is 18.3 Å². The van der Waals surface area contributed by atoms with Gasteiger partial charge in [-0.3, -0.25) is 14.6 Å². The number of hydrogen-bond acceptors (Lipinski definition) is 6. The van der Waals surface area contributed by atoms with Crippen LogP contribution in [0.25, 0.3) is 0 Å². The minimum atomic E-state index is -0.671. The van der Waals surface area contributed by atoms with Crippen molar-refractivity contribution < 1.29 is 23.8 Å². The van der Waals surface area contributed by atoms with Crippen LogP contribution in [0.5, 0.6) is 5.75 Å². The monoisotopic (exact) mass is 475 g/mol. The molecule has 7 heteroatoms. The summed E-state index contributed by atoms with van der Waals surface area (Å²) < 4.78 is 17.7. The lowest BCUT2D eigenvalue weighted by atomic mass is 9.71. The summed E-state index contributed by atoms with van der Waals surface area (Å²) in [5.41, 5.74) is 2.89. The summed E-state index contributed by atoms with van der Waals surface area (Å²) in [7, 11) is 1.60. The van der Waals surface area contributed by atoms with Gasteiger partial charge in [-0.1, -0.05) is 15.9 Å². The number of benzene rings is 1. The predicted octanol–water partition coefficient (Wildman–Crippen LogP) is 4.36. The first kappa shape index (κ1) is 21.2. The number of ketones is 1. The normalized spacial score (nSPS) is 26.3. The zero-order chi connectivity index (χ0) is 21.3. The van der Waals surface area contributed by atoms with E-state index in [1.807, 2.05) is 25.1 Å². The Labute approximate surface area is 184 Å². The molecule has 3 atom stereocenters. The lowest BCUT2D eigenvalue weighted by molar-refractivity contribution is -0.149. The number of ether oxygens (including phenoxy) is 3. The van der Waals surface area contributed by atoms with Crippen molar-refractivity contribution in [2.75, 3.05) is 20.3 Å². The molecule has 2 heterocycles. The first-order chi connectivity index (χ1) is 14.5. The van der Waals surface area contributed by atoms with Gasteiger partial charge < -0.3 is 14.2 Å². The third-order valence-corrected chi connectivity index (χ3v) is 6.54. The molecule has 0 N–H and O–H groups in total. The number of carbonyl (C=O) groups excluding carboxylic acids is 2. The number of rotatable bonds is 5. The molecule has 2 aliphatic heterocycles. The Morgan fingerprint density at radius 3 is 2.87 bits per heavy atom. The van der Waals surface area contributed by atoms with Gasteiger partial charge in [0.2, 0.25) is 0 Å². The van der Waals surface area contributed by atoms with Gasteiger partial charge >= 0.3 is 5.97 Å². The summed E-state index contributed by atoms with van der Waals surface area (Å²) in [5, 5.41) is 0. The van der Waals surface area contributed by atoms with Crippen LogP contribution < -0.4 is 4.74 Å². The summed E-state index contributed by atoms with van der Waals surface area (Å²) in [4.78, 5) is 30.9. The Bertz CT molecular complexity index is 916. The van der Waals surface area contributed by atoms with Gasteiger partial charge in [0.05, 0.1) is 13.2 Å². The zero-order valence-corrected chi connectivity index (χ0v) is 18.9. The maximum Gasteiger partial charge on any atom is 0.315 e. The molecular formula is C23H26BrNO5. The quantitative estimate of drug-likeness (QED) is 0.591. The maximum atomic E-state index is 13.3. The third-order valence-electron chi connectivity index (χ3n) is 6.05. The number of hydrogen-bond donors (Lipinski definition) is 0. The van der Waals surface area contributed by atoms with Crippen LogP contribution in [0.4, 0.5) is 0 Å². The van der Waals surface area contributed by atoms with E-state index >= 15 is 0 Å². The molecular weight excluding hydrogens is 450 g/mol. The Morgan fingerprint density at radius 2 is 2.13 bits per heavy atom. The smallest absolute Gasteiger partial charge is 0.315 e. The first-order valence-corrected chi connectivity index (χ1v) is 11.2. The minimum absolute atomic E-state index is 0.0523. The van der Waals surface area contributed by atoms with Crippen LogP contribution in [-0.2, 0) is 19.1 Å².